The smallest absolute Gasteiger partial charge is 0.164 e. The second kappa shape index (κ2) is 4.86. The number of hydrogen-bond donors (Lipinski definition) is 0. The van der Waals surface area contributed by atoms with E-state index in [9.17, 15) is 4.79 Å². The van der Waals surface area contributed by atoms with Gasteiger partial charge in [-0.3, -0.25) is 4.79 Å². The summed E-state index contributed by atoms with van der Waals surface area (Å²) in [5, 5.41) is 0.878. The van der Waals surface area contributed by atoms with E-state index in [2.05, 4.69) is 0 Å². The minimum absolute atomic E-state index is 0.153. The molecule has 0 radical (unpaired) electrons. The Labute approximate surface area is 117 Å². The Morgan fingerprint density at radius 1 is 1.22 bits per heavy atom. The van der Waals surface area contributed by atoms with Gasteiger partial charge in [0.15, 0.2) is 5.78 Å². The third-order valence-corrected chi connectivity index (χ3v) is 5.40. The van der Waals surface area contributed by atoms with E-state index in [1.54, 1.807) is 18.2 Å². The van der Waals surface area contributed by atoms with Crippen molar-refractivity contribution < 1.29 is 4.79 Å². The van der Waals surface area contributed by atoms with Crippen molar-refractivity contribution in [1.29, 1.82) is 0 Å². The maximum absolute atomic E-state index is 12.3. The molecule has 2 fully saturated rings. The molecule has 3 unspecified atom stereocenters. The van der Waals surface area contributed by atoms with Crippen LogP contribution < -0.4 is 0 Å². The van der Waals surface area contributed by atoms with E-state index in [-0.39, 0.29) is 5.78 Å². The van der Waals surface area contributed by atoms with Crippen molar-refractivity contribution in [3.8, 4) is 0 Å². The summed E-state index contributed by atoms with van der Waals surface area (Å²) in [4.78, 5) is 12.3. The maximum Gasteiger partial charge on any atom is 0.164 e. The SMILES string of the molecule is O=C(CC1CC2CCC1C2)c1cccc(Cl)c1Cl. The molecule has 0 spiro atoms. The summed E-state index contributed by atoms with van der Waals surface area (Å²) in [7, 11) is 0. The van der Waals surface area contributed by atoms with Crippen LogP contribution in [0.2, 0.25) is 10.0 Å². The molecule has 0 saturated heterocycles. The number of carbonyl (C=O) groups is 1. The van der Waals surface area contributed by atoms with Crippen LogP contribution in [0.1, 0.15) is 42.5 Å². The molecule has 96 valence electrons. The van der Waals surface area contributed by atoms with Crippen LogP contribution in [0.3, 0.4) is 0 Å². The van der Waals surface area contributed by atoms with Crippen molar-refractivity contribution in [2.24, 2.45) is 17.8 Å². The normalized spacial score (nSPS) is 29.8. The third-order valence-electron chi connectivity index (χ3n) is 4.58. The first-order valence-corrected chi connectivity index (χ1v) is 7.38. The predicted octanol–water partition coefficient (Wildman–Crippen LogP) is 5.00. The van der Waals surface area contributed by atoms with E-state index in [4.69, 9.17) is 23.2 Å². The summed E-state index contributed by atoms with van der Waals surface area (Å²) in [5.41, 5.74) is 0.590. The van der Waals surface area contributed by atoms with Gasteiger partial charge in [-0.2, -0.15) is 0 Å². The summed E-state index contributed by atoms with van der Waals surface area (Å²) < 4.78 is 0. The van der Waals surface area contributed by atoms with Gasteiger partial charge in [0, 0.05) is 12.0 Å². The molecule has 0 aromatic heterocycles. The molecule has 1 aromatic carbocycles. The summed E-state index contributed by atoms with van der Waals surface area (Å²) in [6.45, 7) is 0. The van der Waals surface area contributed by atoms with Gasteiger partial charge < -0.3 is 0 Å². The van der Waals surface area contributed by atoms with Crippen LogP contribution in [-0.4, -0.2) is 5.78 Å². The molecular weight excluding hydrogens is 267 g/mol. The van der Waals surface area contributed by atoms with Crippen LogP contribution in [-0.2, 0) is 0 Å². The first kappa shape index (κ1) is 12.5. The highest BCUT2D eigenvalue weighted by atomic mass is 35.5. The minimum atomic E-state index is 0.153. The molecule has 1 aromatic rings. The fourth-order valence-electron chi connectivity index (χ4n) is 3.69. The van der Waals surface area contributed by atoms with Crippen LogP contribution in [0, 0.1) is 17.8 Å². The zero-order valence-electron chi connectivity index (χ0n) is 10.2. The second-order valence-electron chi connectivity index (χ2n) is 5.66. The number of Topliss-reactive ketones (excluding diaryl/α,β-unsaturated/α-hetero) is 1. The first-order chi connectivity index (χ1) is 8.65. The number of carbonyl (C=O) groups excluding carboxylic acids is 1. The van der Waals surface area contributed by atoms with Crippen LogP contribution in [0.25, 0.3) is 0 Å². The molecule has 2 aliphatic carbocycles. The molecule has 0 N–H and O–H groups in total. The third kappa shape index (κ3) is 2.19. The molecule has 1 nitrogen and oxygen atoms in total. The van der Waals surface area contributed by atoms with E-state index >= 15 is 0 Å². The highest BCUT2D eigenvalue weighted by molar-refractivity contribution is 6.43. The predicted molar refractivity (Wildman–Crippen MR) is 74.3 cm³/mol. The second-order valence-corrected chi connectivity index (χ2v) is 6.45. The molecule has 0 amide bonds. The van der Waals surface area contributed by atoms with Crippen LogP contribution in [0.4, 0.5) is 0 Å². The van der Waals surface area contributed by atoms with E-state index < -0.39 is 0 Å². The fraction of sp³-hybridized carbons (Fsp3) is 0.533. The Kier molecular flexibility index (Phi) is 3.38. The number of fused-ring (bicyclic) bond motifs is 2. The van der Waals surface area contributed by atoms with E-state index in [1.807, 2.05) is 0 Å². The van der Waals surface area contributed by atoms with Gasteiger partial charge >= 0.3 is 0 Å². The molecular formula is C15H16Cl2O. The Hall–Kier alpha value is -0.530. The molecule has 2 aliphatic rings. The molecule has 18 heavy (non-hydrogen) atoms. The quantitative estimate of drug-likeness (QED) is 0.713. The number of ketones is 1. The average molecular weight is 283 g/mol. The molecule has 2 bridgehead atoms. The zero-order chi connectivity index (χ0) is 12.7. The Bertz CT molecular complexity index is 483. The van der Waals surface area contributed by atoms with E-state index in [0.29, 0.717) is 27.9 Å². The Morgan fingerprint density at radius 3 is 2.72 bits per heavy atom. The van der Waals surface area contributed by atoms with Gasteiger partial charge in [-0.15, -0.1) is 0 Å². The van der Waals surface area contributed by atoms with Crippen LogP contribution >= 0.6 is 23.2 Å². The lowest BCUT2D eigenvalue weighted by molar-refractivity contribution is 0.0944. The van der Waals surface area contributed by atoms with Gasteiger partial charge in [0.05, 0.1) is 10.0 Å². The molecule has 3 heteroatoms. The van der Waals surface area contributed by atoms with Crippen molar-refractivity contribution in [2.75, 3.05) is 0 Å². The summed E-state index contributed by atoms with van der Waals surface area (Å²) in [5.74, 6) is 2.38. The molecule has 0 aliphatic heterocycles. The maximum atomic E-state index is 12.3. The van der Waals surface area contributed by atoms with Crippen molar-refractivity contribution in [2.45, 2.75) is 32.1 Å². The first-order valence-electron chi connectivity index (χ1n) is 6.62. The van der Waals surface area contributed by atoms with Gasteiger partial charge in [-0.1, -0.05) is 35.7 Å². The summed E-state index contributed by atoms with van der Waals surface area (Å²) in [6.07, 6.45) is 5.89. The molecule has 3 rings (SSSR count). The molecule has 2 saturated carbocycles. The minimum Gasteiger partial charge on any atom is -0.294 e. The Balaban J connectivity index is 1.73. The van der Waals surface area contributed by atoms with Crippen LogP contribution in [0.5, 0.6) is 0 Å². The Morgan fingerprint density at radius 2 is 2.06 bits per heavy atom. The zero-order valence-corrected chi connectivity index (χ0v) is 11.7. The lowest BCUT2D eigenvalue weighted by Gasteiger charge is -2.20. The monoisotopic (exact) mass is 282 g/mol. The summed E-state index contributed by atoms with van der Waals surface area (Å²) in [6, 6.07) is 5.30. The summed E-state index contributed by atoms with van der Waals surface area (Å²) >= 11 is 12.1. The molecule has 3 atom stereocenters. The largest absolute Gasteiger partial charge is 0.294 e. The number of halogens is 2. The van der Waals surface area contributed by atoms with Crippen LogP contribution in [0.15, 0.2) is 18.2 Å². The van der Waals surface area contributed by atoms with Crippen molar-refractivity contribution in [1.82, 2.24) is 0 Å². The average Bonchev–Trinajstić information content (AvgIpc) is 2.94. The highest BCUT2D eigenvalue weighted by Crippen LogP contribution is 2.50. The highest BCUT2D eigenvalue weighted by Gasteiger charge is 2.40. The number of benzene rings is 1. The molecule has 0 heterocycles. The van der Waals surface area contributed by atoms with E-state index in [0.717, 1.165) is 11.8 Å². The lowest BCUT2D eigenvalue weighted by atomic mass is 9.84. The number of rotatable bonds is 3. The van der Waals surface area contributed by atoms with Crippen molar-refractivity contribution in [3.63, 3.8) is 0 Å². The lowest BCUT2D eigenvalue weighted by Crippen LogP contribution is -2.15. The number of hydrogen-bond acceptors (Lipinski definition) is 1. The van der Waals surface area contributed by atoms with Gasteiger partial charge in [-0.25, -0.2) is 0 Å². The standard InChI is InChI=1S/C15H16Cl2O/c16-13-3-1-2-12(15(13)17)14(18)8-11-7-9-4-5-10(11)6-9/h1-3,9-11H,4-8H2. The van der Waals surface area contributed by atoms with Gasteiger partial charge in [0.1, 0.15) is 0 Å². The van der Waals surface area contributed by atoms with E-state index in [1.165, 1.54) is 25.7 Å². The van der Waals surface area contributed by atoms with Gasteiger partial charge in [-0.05, 0) is 49.1 Å². The van der Waals surface area contributed by atoms with Gasteiger partial charge in [0.2, 0.25) is 0 Å². The van der Waals surface area contributed by atoms with Crippen molar-refractivity contribution in [3.05, 3.63) is 33.8 Å². The van der Waals surface area contributed by atoms with Gasteiger partial charge in [0.25, 0.3) is 0 Å². The fourth-order valence-corrected chi connectivity index (χ4v) is 4.10. The topological polar surface area (TPSA) is 17.1 Å². The van der Waals surface area contributed by atoms with Crippen molar-refractivity contribution >= 4 is 29.0 Å².